The standard InChI is InChI=1S/C21H15Cl2F4NO/c1-12(17-7-6-16(24)11-18(17)23)20(29,21(25,26)27)14-8-9-28-19(10-14)13-2-4-15(22)5-3-13/h2-12,29H,1H3. The summed E-state index contributed by atoms with van der Waals surface area (Å²) in [4.78, 5) is 4.10. The summed E-state index contributed by atoms with van der Waals surface area (Å²) in [5, 5.41) is 11.2. The van der Waals surface area contributed by atoms with E-state index in [1.807, 2.05) is 0 Å². The summed E-state index contributed by atoms with van der Waals surface area (Å²) in [7, 11) is 0. The van der Waals surface area contributed by atoms with Crippen molar-refractivity contribution in [2.45, 2.75) is 24.6 Å². The number of alkyl halides is 3. The van der Waals surface area contributed by atoms with Crippen molar-refractivity contribution < 1.29 is 22.7 Å². The summed E-state index contributed by atoms with van der Waals surface area (Å²) in [5.74, 6) is -2.20. The highest BCUT2D eigenvalue weighted by Gasteiger charge is 2.59. The molecule has 152 valence electrons. The molecule has 0 radical (unpaired) electrons. The number of benzene rings is 2. The van der Waals surface area contributed by atoms with Crippen molar-refractivity contribution in [1.29, 1.82) is 0 Å². The fraction of sp³-hybridized carbons (Fsp3) is 0.190. The average Bonchev–Trinajstić information content (AvgIpc) is 2.66. The third-order valence-corrected chi connectivity index (χ3v) is 5.41. The van der Waals surface area contributed by atoms with E-state index >= 15 is 0 Å². The van der Waals surface area contributed by atoms with Crippen molar-refractivity contribution >= 4 is 23.2 Å². The molecule has 2 aromatic carbocycles. The van der Waals surface area contributed by atoms with Gasteiger partial charge < -0.3 is 5.11 Å². The molecular formula is C21H15Cl2F4NO. The van der Waals surface area contributed by atoms with Gasteiger partial charge in [-0.15, -0.1) is 0 Å². The maximum Gasteiger partial charge on any atom is 0.422 e. The molecule has 8 heteroatoms. The Morgan fingerprint density at radius 2 is 1.62 bits per heavy atom. The Morgan fingerprint density at radius 1 is 0.966 bits per heavy atom. The zero-order chi connectivity index (χ0) is 21.4. The van der Waals surface area contributed by atoms with Gasteiger partial charge in [0.15, 0.2) is 5.60 Å². The van der Waals surface area contributed by atoms with Crippen LogP contribution in [0.25, 0.3) is 11.3 Å². The van der Waals surface area contributed by atoms with Crippen LogP contribution >= 0.6 is 23.2 Å². The minimum absolute atomic E-state index is 0.0299. The monoisotopic (exact) mass is 443 g/mol. The molecule has 1 aromatic heterocycles. The molecular weight excluding hydrogens is 429 g/mol. The van der Waals surface area contributed by atoms with Gasteiger partial charge in [0.25, 0.3) is 0 Å². The molecule has 0 bridgehead atoms. The van der Waals surface area contributed by atoms with Gasteiger partial charge >= 0.3 is 6.18 Å². The van der Waals surface area contributed by atoms with Crippen LogP contribution in [0.1, 0.15) is 24.0 Å². The minimum Gasteiger partial charge on any atom is -0.376 e. The molecule has 3 rings (SSSR count). The van der Waals surface area contributed by atoms with E-state index in [4.69, 9.17) is 23.2 Å². The lowest BCUT2D eigenvalue weighted by atomic mass is 9.77. The molecule has 1 heterocycles. The number of aliphatic hydroxyl groups is 1. The molecule has 2 atom stereocenters. The second-order valence-corrected chi connectivity index (χ2v) is 7.43. The first-order chi connectivity index (χ1) is 13.5. The van der Waals surface area contributed by atoms with Gasteiger partial charge in [-0.1, -0.05) is 48.3 Å². The lowest BCUT2D eigenvalue weighted by Crippen LogP contribution is -2.46. The fourth-order valence-corrected chi connectivity index (χ4v) is 3.64. The summed E-state index contributed by atoms with van der Waals surface area (Å²) >= 11 is 11.8. The van der Waals surface area contributed by atoms with Gasteiger partial charge in [0, 0.05) is 27.7 Å². The van der Waals surface area contributed by atoms with Gasteiger partial charge in [-0.3, -0.25) is 4.98 Å². The van der Waals surface area contributed by atoms with Crippen molar-refractivity contribution in [3.05, 3.63) is 87.8 Å². The first-order valence-corrected chi connectivity index (χ1v) is 9.26. The van der Waals surface area contributed by atoms with Crippen LogP contribution in [-0.4, -0.2) is 16.3 Å². The van der Waals surface area contributed by atoms with Gasteiger partial charge in [0.2, 0.25) is 0 Å². The van der Waals surface area contributed by atoms with E-state index in [-0.39, 0.29) is 16.3 Å². The molecule has 3 aromatic rings. The van der Waals surface area contributed by atoms with Crippen LogP contribution in [-0.2, 0) is 5.60 Å². The summed E-state index contributed by atoms with van der Waals surface area (Å²) in [5.41, 5.74) is -2.94. The number of pyridine rings is 1. The second-order valence-electron chi connectivity index (χ2n) is 6.59. The van der Waals surface area contributed by atoms with Gasteiger partial charge in [-0.05, 0) is 47.5 Å². The molecule has 29 heavy (non-hydrogen) atoms. The quantitative estimate of drug-likeness (QED) is 0.452. The molecule has 0 aliphatic rings. The highest BCUT2D eigenvalue weighted by Crippen LogP contribution is 2.50. The lowest BCUT2D eigenvalue weighted by Gasteiger charge is -2.37. The van der Waals surface area contributed by atoms with E-state index in [1.54, 1.807) is 24.3 Å². The van der Waals surface area contributed by atoms with E-state index < -0.39 is 29.1 Å². The molecule has 0 amide bonds. The predicted octanol–water partition coefficient (Wildman–Crippen LogP) is 6.75. The van der Waals surface area contributed by atoms with Crippen molar-refractivity contribution in [3.63, 3.8) is 0 Å². The Kier molecular flexibility index (Phi) is 5.90. The summed E-state index contributed by atoms with van der Waals surface area (Å²) < 4.78 is 55.7. The van der Waals surface area contributed by atoms with E-state index in [1.165, 1.54) is 19.2 Å². The highest BCUT2D eigenvalue weighted by molar-refractivity contribution is 6.31. The molecule has 0 spiro atoms. The third-order valence-electron chi connectivity index (χ3n) is 4.83. The SMILES string of the molecule is CC(c1ccc(F)cc1Cl)C(O)(c1ccnc(-c2ccc(Cl)cc2)c1)C(F)(F)F. The van der Waals surface area contributed by atoms with Crippen molar-refractivity contribution in [3.8, 4) is 11.3 Å². The van der Waals surface area contributed by atoms with Crippen molar-refractivity contribution in [1.82, 2.24) is 4.98 Å². The molecule has 0 aliphatic heterocycles. The maximum atomic E-state index is 14.1. The van der Waals surface area contributed by atoms with Crippen molar-refractivity contribution in [2.24, 2.45) is 0 Å². The van der Waals surface area contributed by atoms with Gasteiger partial charge in [-0.25, -0.2) is 4.39 Å². The lowest BCUT2D eigenvalue weighted by molar-refractivity contribution is -0.274. The normalized spacial score (nSPS) is 15.0. The Morgan fingerprint density at radius 3 is 2.21 bits per heavy atom. The zero-order valence-electron chi connectivity index (χ0n) is 15.0. The fourth-order valence-electron chi connectivity index (χ4n) is 3.18. The van der Waals surface area contributed by atoms with Crippen LogP contribution in [0.5, 0.6) is 0 Å². The van der Waals surface area contributed by atoms with Crippen LogP contribution in [0, 0.1) is 5.82 Å². The molecule has 0 fully saturated rings. The third kappa shape index (κ3) is 4.10. The topological polar surface area (TPSA) is 33.1 Å². The Bertz CT molecular complexity index is 1020. The molecule has 0 saturated carbocycles. The van der Waals surface area contributed by atoms with Gasteiger partial charge in [0.1, 0.15) is 5.82 Å². The van der Waals surface area contributed by atoms with Crippen LogP contribution in [0.2, 0.25) is 10.0 Å². The zero-order valence-corrected chi connectivity index (χ0v) is 16.5. The summed E-state index contributed by atoms with van der Waals surface area (Å²) in [6.07, 6.45) is -3.85. The molecule has 2 unspecified atom stereocenters. The number of hydrogen-bond acceptors (Lipinski definition) is 2. The Balaban J connectivity index is 2.14. The second kappa shape index (κ2) is 7.94. The summed E-state index contributed by atoms with van der Waals surface area (Å²) in [6, 6.07) is 11.7. The van der Waals surface area contributed by atoms with E-state index in [9.17, 15) is 22.7 Å². The summed E-state index contributed by atoms with van der Waals surface area (Å²) in [6.45, 7) is 1.19. The van der Waals surface area contributed by atoms with Gasteiger partial charge in [0.05, 0.1) is 5.69 Å². The number of halogens is 6. The number of rotatable bonds is 4. The average molecular weight is 444 g/mol. The van der Waals surface area contributed by atoms with Crippen molar-refractivity contribution in [2.75, 3.05) is 0 Å². The maximum absolute atomic E-state index is 14.1. The Labute approximate surface area is 174 Å². The Hall–Kier alpha value is -2.15. The predicted molar refractivity (Wildman–Crippen MR) is 104 cm³/mol. The number of hydrogen-bond donors (Lipinski definition) is 1. The molecule has 0 aliphatic carbocycles. The largest absolute Gasteiger partial charge is 0.422 e. The molecule has 2 nitrogen and oxygen atoms in total. The van der Waals surface area contributed by atoms with Crippen LogP contribution in [0.4, 0.5) is 17.6 Å². The van der Waals surface area contributed by atoms with Crippen LogP contribution in [0.15, 0.2) is 60.8 Å². The number of aromatic nitrogens is 1. The van der Waals surface area contributed by atoms with E-state index in [0.29, 0.717) is 10.6 Å². The molecule has 1 N–H and O–H groups in total. The highest BCUT2D eigenvalue weighted by atomic mass is 35.5. The first-order valence-electron chi connectivity index (χ1n) is 8.50. The van der Waals surface area contributed by atoms with Gasteiger partial charge in [-0.2, -0.15) is 13.2 Å². The van der Waals surface area contributed by atoms with E-state index in [2.05, 4.69) is 4.98 Å². The van der Waals surface area contributed by atoms with Crippen LogP contribution < -0.4 is 0 Å². The number of nitrogens with zero attached hydrogens (tertiary/aromatic N) is 1. The molecule has 0 saturated heterocycles. The van der Waals surface area contributed by atoms with Crippen LogP contribution in [0.3, 0.4) is 0 Å². The smallest absolute Gasteiger partial charge is 0.376 e. The minimum atomic E-state index is -5.04. The first kappa shape index (κ1) is 21.6. The van der Waals surface area contributed by atoms with E-state index in [0.717, 1.165) is 24.3 Å².